The summed E-state index contributed by atoms with van der Waals surface area (Å²) < 4.78 is 51.0. The molecule has 0 radical (unpaired) electrons. The van der Waals surface area contributed by atoms with Gasteiger partial charge in [-0.05, 0) is 29.8 Å². The number of ether oxygens (including phenoxy) is 2. The second-order valence-electron chi connectivity index (χ2n) is 6.82. The number of halogens is 6. The number of hydrogen-bond acceptors (Lipinski definition) is 6. The lowest BCUT2D eigenvalue weighted by Crippen LogP contribution is -2.39. The third-order valence-corrected chi connectivity index (χ3v) is 5.22. The molecule has 0 saturated heterocycles. The summed E-state index contributed by atoms with van der Waals surface area (Å²) in [4.78, 5) is 20.3. The van der Waals surface area contributed by atoms with Crippen LogP contribution in [0.4, 0.5) is 13.2 Å². The molecule has 0 N–H and O–H groups in total. The lowest BCUT2D eigenvalue weighted by molar-refractivity contribution is -0.802. The highest BCUT2D eigenvalue weighted by molar-refractivity contribution is 6.35. The Morgan fingerprint density at radius 1 is 1.18 bits per heavy atom. The Labute approximate surface area is 205 Å². The molecule has 0 amide bonds. The van der Waals surface area contributed by atoms with Crippen LogP contribution in [-0.4, -0.2) is 26.4 Å². The molecule has 3 aromatic rings. The lowest BCUT2D eigenvalue weighted by atomic mass is 10.0. The average molecular weight is 541 g/mol. The molecule has 0 fully saturated rings. The van der Waals surface area contributed by atoms with E-state index in [-0.39, 0.29) is 34.5 Å². The lowest BCUT2D eigenvalue weighted by Gasteiger charge is -2.33. The summed E-state index contributed by atoms with van der Waals surface area (Å²) in [6.45, 7) is -0.504. The maximum atomic E-state index is 13.3. The van der Waals surface area contributed by atoms with Gasteiger partial charge in [0, 0.05) is 23.0 Å². The van der Waals surface area contributed by atoms with E-state index >= 15 is 0 Å². The fraction of sp³-hybridized carbons (Fsp3) is 0.250. The van der Waals surface area contributed by atoms with Gasteiger partial charge in [0.2, 0.25) is 0 Å². The van der Waals surface area contributed by atoms with Crippen molar-refractivity contribution in [1.82, 2.24) is 9.55 Å². The molecule has 34 heavy (non-hydrogen) atoms. The first-order chi connectivity index (χ1) is 16.0. The largest absolute Gasteiger partial charge is 0.444 e. The molecular weight excluding hydrogens is 526 g/mol. The van der Waals surface area contributed by atoms with Crippen molar-refractivity contribution >= 4 is 34.8 Å². The summed E-state index contributed by atoms with van der Waals surface area (Å²) in [6, 6.07) is 9.19. The molecule has 2 unspecified atom stereocenters. The SMILES string of the molecule is O=[N+]([O-])OC(Cn1ccnc1)(OCc1ccc(OC(F)(F)C(F)Cl)cc1)c1ccc(Cl)cc1Cl. The van der Waals surface area contributed by atoms with Crippen LogP contribution in [0.25, 0.3) is 0 Å². The second kappa shape index (κ2) is 10.7. The normalized spacial score (nSPS) is 14.3. The van der Waals surface area contributed by atoms with E-state index < -0.39 is 22.6 Å². The van der Waals surface area contributed by atoms with Crippen molar-refractivity contribution in [3.63, 3.8) is 0 Å². The number of alkyl halides is 4. The molecule has 2 aromatic carbocycles. The summed E-state index contributed by atoms with van der Waals surface area (Å²) in [7, 11) is 0. The molecule has 0 aliphatic rings. The minimum Gasteiger partial charge on any atom is -0.429 e. The molecule has 2 atom stereocenters. The number of imidazole rings is 1. The molecular formula is C20H15Cl3F3N3O5. The van der Waals surface area contributed by atoms with Crippen molar-refractivity contribution in [3.05, 3.63) is 92.5 Å². The van der Waals surface area contributed by atoms with E-state index in [1.165, 1.54) is 53.6 Å². The zero-order valence-corrected chi connectivity index (χ0v) is 19.2. The molecule has 3 rings (SSSR count). The molecule has 0 aliphatic heterocycles. The quantitative estimate of drug-likeness (QED) is 0.129. The molecule has 182 valence electrons. The van der Waals surface area contributed by atoms with Gasteiger partial charge in [0.15, 0.2) is 0 Å². The molecule has 0 aliphatic carbocycles. The first kappa shape index (κ1) is 25.9. The van der Waals surface area contributed by atoms with Gasteiger partial charge in [0.1, 0.15) is 5.75 Å². The first-order valence-electron chi connectivity index (χ1n) is 9.33. The van der Waals surface area contributed by atoms with Gasteiger partial charge in [-0.1, -0.05) is 53.0 Å². The minimum atomic E-state index is -4.23. The van der Waals surface area contributed by atoms with Gasteiger partial charge < -0.3 is 14.0 Å². The molecule has 0 bridgehead atoms. The van der Waals surface area contributed by atoms with E-state index in [2.05, 4.69) is 9.72 Å². The van der Waals surface area contributed by atoms with Crippen LogP contribution in [0.15, 0.2) is 61.2 Å². The van der Waals surface area contributed by atoms with E-state index in [0.29, 0.717) is 5.56 Å². The van der Waals surface area contributed by atoms with Crippen LogP contribution in [0.3, 0.4) is 0 Å². The van der Waals surface area contributed by atoms with Crippen molar-refractivity contribution in [2.75, 3.05) is 0 Å². The summed E-state index contributed by atoms with van der Waals surface area (Å²) in [5.74, 6) is -2.39. The molecule has 8 nitrogen and oxygen atoms in total. The predicted molar refractivity (Wildman–Crippen MR) is 116 cm³/mol. The zero-order chi connectivity index (χ0) is 24.9. The number of nitrogens with zero attached hydrogens (tertiary/aromatic N) is 3. The van der Waals surface area contributed by atoms with Crippen LogP contribution in [0, 0.1) is 10.1 Å². The van der Waals surface area contributed by atoms with E-state index in [1.807, 2.05) is 0 Å². The molecule has 0 spiro atoms. The van der Waals surface area contributed by atoms with Gasteiger partial charge >= 0.3 is 6.11 Å². The Balaban J connectivity index is 1.90. The number of hydrogen-bond donors (Lipinski definition) is 0. The Morgan fingerprint density at radius 3 is 2.44 bits per heavy atom. The smallest absolute Gasteiger partial charge is 0.429 e. The summed E-state index contributed by atoms with van der Waals surface area (Å²) >= 11 is 17.0. The summed E-state index contributed by atoms with van der Waals surface area (Å²) in [6.07, 6.45) is 0.154. The van der Waals surface area contributed by atoms with Crippen LogP contribution in [0.2, 0.25) is 10.0 Å². The standard InChI is InChI=1S/C20H15Cl3F3N3O5/c21-14-3-6-16(17(22)9-14)19(34-29(30)31,11-28-8-7-27-12-28)32-10-13-1-4-15(5-2-13)33-20(25,26)18(23)24/h1-9,12,18H,10-11H2. The molecule has 0 saturated carbocycles. The van der Waals surface area contributed by atoms with Crippen molar-refractivity contribution in [2.45, 2.75) is 30.7 Å². The maximum absolute atomic E-state index is 13.3. The monoisotopic (exact) mass is 539 g/mol. The third-order valence-electron chi connectivity index (χ3n) is 4.42. The van der Waals surface area contributed by atoms with Crippen LogP contribution in [0.5, 0.6) is 5.75 Å². The van der Waals surface area contributed by atoms with E-state index in [9.17, 15) is 23.3 Å². The van der Waals surface area contributed by atoms with Gasteiger partial charge in [0.05, 0.1) is 24.5 Å². The van der Waals surface area contributed by atoms with Crippen LogP contribution < -0.4 is 4.74 Å². The fourth-order valence-corrected chi connectivity index (χ4v) is 3.50. The average Bonchev–Trinajstić information content (AvgIpc) is 3.25. The van der Waals surface area contributed by atoms with Crippen LogP contribution in [0.1, 0.15) is 11.1 Å². The van der Waals surface area contributed by atoms with Crippen LogP contribution >= 0.6 is 34.8 Å². The van der Waals surface area contributed by atoms with Crippen molar-refractivity contribution in [3.8, 4) is 5.75 Å². The van der Waals surface area contributed by atoms with Crippen LogP contribution in [-0.2, 0) is 28.5 Å². The van der Waals surface area contributed by atoms with Crippen molar-refractivity contribution in [2.24, 2.45) is 0 Å². The van der Waals surface area contributed by atoms with E-state index in [0.717, 1.165) is 12.1 Å². The topological polar surface area (TPSA) is 88.7 Å². The highest BCUT2D eigenvalue weighted by atomic mass is 35.5. The highest BCUT2D eigenvalue weighted by Crippen LogP contribution is 2.37. The summed E-state index contributed by atoms with van der Waals surface area (Å²) in [5, 5.41) is 10.7. The van der Waals surface area contributed by atoms with E-state index in [1.54, 1.807) is 0 Å². The number of rotatable bonds is 11. The molecule has 1 aromatic heterocycles. The molecule has 14 heteroatoms. The van der Waals surface area contributed by atoms with Crippen molar-refractivity contribution in [1.29, 1.82) is 0 Å². The van der Waals surface area contributed by atoms with E-state index in [4.69, 9.17) is 44.4 Å². The number of benzene rings is 2. The van der Waals surface area contributed by atoms with Gasteiger partial charge in [-0.3, -0.25) is 4.84 Å². The highest BCUT2D eigenvalue weighted by Gasteiger charge is 2.42. The van der Waals surface area contributed by atoms with Gasteiger partial charge in [-0.2, -0.15) is 8.78 Å². The first-order valence-corrected chi connectivity index (χ1v) is 10.5. The Hall–Kier alpha value is -2.73. The predicted octanol–water partition coefficient (Wildman–Crippen LogP) is 5.97. The third kappa shape index (κ3) is 6.44. The Bertz CT molecular complexity index is 1120. The van der Waals surface area contributed by atoms with Crippen molar-refractivity contribution < 1.29 is 32.6 Å². The Morgan fingerprint density at radius 2 is 1.88 bits per heavy atom. The van der Waals surface area contributed by atoms with Gasteiger partial charge in [-0.25, -0.2) is 9.37 Å². The van der Waals surface area contributed by atoms with Gasteiger partial charge in [0.25, 0.3) is 16.5 Å². The van der Waals surface area contributed by atoms with Gasteiger partial charge in [-0.15, -0.1) is 10.1 Å². The fourth-order valence-electron chi connectivity index (χ4n) is 2.91. The second-order valence-corrected chi connectivity index (χ2v) is 8.05. The minimum absolute atomic E-state index is 0.0438. The maximum Gasteiger partial charge on any atom is 0.444 e. The summed E-state index contributed by atoms with van der Waals surface area (Å²) in [5.41, 5.74) is -2.53. The number of aromatic nitrogens is 2. The zero-order valence-electron chi connectivity index (χ0n) is 16.9. The Kier molecular flexibility index (Phi) is 8.13. The molecule has 1 heterocycles.